The number of para-hydroxylation sites is 2. The first-order chi connectivity index (χ1) is 15.7. The van der Waals surface area contributed by atoms with E-state index in [9.17, 15) is 0 Å². The molecule has 8 rings (SSSR count). The lowest BCUT2D eigenvalue weighted by molar-refractivity contribution is -0.733. The molecule has 0 amide bonds. The number of pyridine rings is 1. The second-order valence-electron chi connectivity index (χ2n) is 9.21. The van der Waals surface area contributed by atoms with Crippen LogP contribution in [0.25, 0.3) is 28.0 Å². The second-order valence-corrected chi connectivity index (χ2v) is 9.21. The van der Waals surface area contributed by atoms with Gasteiger partial charge >= 0.3 is 11.4 Å². The predicted octanol–water partition coefficient (Wildman–Crippen LogP) is 5.03. The standard InChI is InChI=1S/C28H21N3O/c1-17(2)30-22-13-8-15-24-26(22)31-25-20(11-7-14-23(25)32-24)28(27(30)31)19-10-4-3-9-18(19)21-12-5-6-16-29(21)28/h3-17H,1-2H3/q+2. The molecule has 3 aliphatic rings. The van der Waals surface area contributed by atoms with E-state index in [0.29, 0.717) is 0 Å². The number of rotatable bonds is 1. The summed E-state index contributed by atoms with van der Waals surface area (Å²) in [7, 11) is 0. The Morgan fingerprint density at radius 1 is 0.812 bits per heavy atom. The first kappa shape index (κ1) is 16.7. The third-order valence-corrected chi connectivity index (χ3v) is 7.39. The van der Waals surface area contributed by atoms with Crippen molar-refractivity contribution in [2.24, 2.45) is 0 Å². The van der Waals surface area contributed by atoms with Gasteiger partial charge in [0.05, 0.1) is 22.7 Å². The summed E-state index contributed by atoms with van der Waals surface area (Å²) >= 11 is 0. The van der Waals surface area contributed by atoms with E-state index < -0.39 is 5.54 Å². The molecular weight excluding hydrogens is 394 g/mol. The molecule has 1 unspecified atom stereocenters. The molecule has 4 heteroatoms. The average molecular weight is 415 g/mol. The Labute approximate surface area is 185 Å². The Kier molecular flexibility index (Phi) is 2.76. The van der Waals surface area contributed by atoms with E-state index in [1.807, 2.05) is 0 Å². The lowest BCUT2D eigenvalue weighted by Crippen LogP contribution is -2.57. The highest BCUT2D eigenvalue weighted by Gasteiger charge is 2.68. The first-order valence-electron chi connectivity index (χ1n) is 11.2. The molecule has 152 valence electrons. The highest BCUT2D eigenvalue weighted by molar-refractivity contribution is 5.85. The minimum Gasteiger partial charge on any atom is -0.448 e. The number of nitrogens with zero attached hydrogens (tertiary/aromatic N) is 3. The van der Waals surface area contributed by atoms with Crippen LogP contribution in [0, 0.1) is 0 Å². The molecule has 0 N–H and O–H groups in total. The maximum atomic E-state index is 6.49. The van der Waals surface area contributed by atoms with Gasteiger partial charge < -0.3 is 4.74 Å². The van der Waals surface area contributed by atoms with Gasteiger partial charge in [-0.2, -0.15) is 9.13 Å². The molecule has 3 aliphatic heterocycles. The molecule has 5 aromatic rings. The van der Waals surface area contributed by atoms with Crippen molar-refractivity contribution in [1.82, 2.24) is 4.57 Å². The summed E-state index contributed by atoms with van der Waals surface area (Å²) in [4.78, 5) is 0. The van der Waals surface area contributed by atoms with Crippen LogP contribution >= 0.6 is 0 Å². The van der Waals surface area contributed by atoms with Crippen molar-refractivity contribution in [3.63, 3.8) is 0 Å². The van der Waals surface area contributed by atoms with E-state index in [4.69, 9.17) is 4.74 Å². The van der Waals surface area contributed by atoms with Gasteiger partial charge in [0.15, 0.2) is 28.9 Å². The van der Waals surface area contributed by atoms with Crippen molar-refractivity contribution in [2.75, 3.05) is 0 Å². The number of ether oxygens (including phenoxy) is 1. The minimum absolute atomic E-state index is 0.289. The number of hydrogen-bond donors (Lipinski definition) is 0. The van der Waals surface area contributed by atoms with Crippen LogP contribution in [-0.2, 0) is 5.54 Å². The van der Waals surface area contributed by atoms with Crippen LogP contribution < -0.4 is 13.9 Å². The fourth-order valence-electron chi connectivity index (χ4n) is 6.39. The lowest BCUT2D eigenvalue weighted by Gasteiger charge is -2.21. The van der Waals surface area contributed by atoms with Gasteiger partial charge in [-0.15, -0.1) is 0 Å². The molecule has 0 bridgehead atoms. The van der Waals surface area contributed by atoms with Gasteiger partial charge in [0.25, 0.3) is 0 Å². The molecule has 0 saturated carbocycles. The highest BCUT2D eigenvalue weighted by Crippen LogP contribution is 2.54. The quantitative estimate of drug-likeness (QED) is 0.345. The summed E-state index contributed by atoms with van der Waals surface area (Å²) < 4.78 is 14.0. The number of aromatic nitrogens is 3. The molecule has 5 heterocycles. The van der Waals surface area contributed by atoms with E-state index in [1.54, 1.807) is 0 Å². The maximum absolute atomic E-state index is 6.49. The van der Waals surface area contributed by atoms with E-state index in [-0.39, 0.29) is 6.04 Å². The zero-order chi connectivity index (χ0) is 21.2. The third kappa shape index (κ3) is 1.57. The van der Waals surface area contributed by atoms with Crippen molar-refractivity contribution >= 4 is 11.0 Å². The highest BCUT2D eigenvalue weighted by atomic mass is 16.5. The molecule has 3 aromatic carbocycles. The normalized spacial score (nSPS) is 18.3. The smallest absolute Gasteiger partial charge is 0.347 e. The van der Waals surface area contributed by atoms with E-state index in [1.165, 1.54) is 39.4 Å². The Hall–Kier alpha value is -3.92. The Balaban J connectivity index is 1.71. The molecule has 4 nitrogen and oxygen atoms in total. The number of benzene rings is 3. The number of fused-ring (bicyclic) bond motifs is 7. The van der Waals surface area contributed by atoms with Gasteiger partial charge in [0, 0.05) is 12.1 Å². The largest absolute Gasteiger partial charge is 0.448 e. The van der Waals surface area contributed by atoms with Gasteiger partial charge in [-0.3, -0.25) is 0 Å². The van der Waals surface area contributed by atoms with Gasteiger partial charge in [-0.1, -0.05) is 30.3 Å². The summed E-state index contributed by atoms with van der Waals surface area (Å²) in [6.07, 6.45) is 2.24. The fourth-order valence-corrected chi connectivity index (χ4v) is 6.39. The molecule has 1 spiro atoms. The van der Waals surface area contributed by atoms with E-state index in [0.717, 1.165) is 17.0 Å². The molecule has 0 fully saturated rings. The average Bonchev–Trinajstić information content (AvgIpc) is 3.42. The van der Waals surface area contributed by atoms with Crippen molar-refractivity contribution in [3.8, 4) is 28.4 Å². The SMILES string of the molecule is CC(C)n1c2[n+]3c4c(cccc41)Oc1cccc(c1-3)C21c2ccccc2-c2cccc[n+]21. The lowest BCUT2D eigenvalue weighted by atomic mass is 9.82. The predicted molar refractivity (Wildman–Crippen MR) is 121 cm³/mol. The van der Waals surface area contributed by atoms with E-state index >= 15 is 0 Å². The van der Waals surface area contributed by atoms with Gasteiger partial charge in [-0.05, 0) is 50.2 Å². The van der Waals surface area contributed by atoms with Crippen LogP contribution in [0.4, 0.5) is 0 Å². The monoisotopic (exact) mass is 415 g/mol. The minimum atomic E-state index is -0.452. The van der Waals surface area contributed by atoms with Crippen molar-refractivity contribution in [2.45, 2.75) is 25.4 Å². The molecular formula is C28H21N3O+2. The third-order valence-electron chi connectivity index (χ3n) is 7.39. The van der Waals surface area contributed by atoms with Crippen molar-refractivity contribution in [1.29, 1.82) is 0 Å². The molecule has 0 radical (unpaired) electrons. The van der Waals surface area contributed by atoms with Gasteiger partial charge in [-0.25, -0.2) is 4.57 Å². The van der Waals surface area contributed by atoms with Crippen molar-refractivity contribution in [3.05, 3.63) is 102 Å². The summed E-state index contributed by atoms with van der Waals surface area (Å²) in [5, 5.41) is 0. The van der Waals surface area contributed by atoms with Crippen LogP contribution in [0.3, 0.4) is 0 Å². The zero-order valence-electron chi connectivity index (χ0n) is 17.9. The van der Waals surface area contributed by atoms with Crippen molar-refractivity contribution < 1.29 is 13.9 Å². The topological polar surface area (TPSA) is 21.9 Å². The van der Waals surface area contributed by atoms with E-state index in [2.05, 4.69) is 113 Å². The van der Waals surface area contributed by atoms with Crippen LogP contribution in [0.2, 0.25) is 0 Å². The zero-order valence-corrected chi connectivity index (χ0v) is 17.9. The first-order valence-corrected chi connectivity index (χ1v) is 11.2. The van der Waals surface area contributed by atoms with Crippen LogP contribution in [0.5, 0.6) is 11.5 Å². The Morgan fingerprint density at radius 2 is 1.59 bits per heavy atom. The summed E-state index contributed by atoms with van der Waals surface area (Å²) in [5.74, 6) is 3.13. The summed E-state index contributed by atoms with van der Waals surface area (Å²) in [5.41, 5.74) is 8.23. The fraction of sp³-hybridized carbons (Fsp3) is 0.143. The van der Waals surface area contributed by atoms with Crippen LogP contribution in [-0.4, -0.2) is 4.57 Å². The molecule has 0 saturated heterocycles. The van der Waals surface area contributed by atoms with Crippen LogP contribution in [0.15, 0.2) is 85.1 Å². The molecule has 1 atom stereocenters. The number of hydrogen-bond acceptors (Lipinski definition) is 1. The molecule has 32 heavy (non-hydrogen) atoms. The Bertz CT molecular complexity index is 1600. The van der Waals surface area contributed by atoms with Crippen LogP contribution in [0.1, 0.15) is 36.8 Å². The maximum Gasteiger partial charge on any atom is 0.347 e. The van der Waals surface area contributed by atoms with Gasteiger partial charge in [0.1, 0.15) is 0 Å². The summed E-state index contributed by atoms with van der Waals surface area (Å²) in [6, 6.07) is 28.6. The summed E-state index contributed by atoms with van der Waals surface area (Å²) in [6.45, 7) is 4.56. The Morgan fingerprint density at radius 3 is 2.50 bits per heavy atom. The second kappa shape index (κ2) is 5.28. The molecule has 2 aromatic heterocycles. The van der Waals surface area contributed by atoms with Gasteiger partial charge in [0.2, 0.25) is 11.2 Å². The number of imidazole rings is 1. The molecule has 0 aliphatic carbocycles.